The van der Waals surface area contributed by atoms with Crippen LogP contribution in [-0.2, 0) is 6.42 Å². The number of hydrogen-bond acceptors (Lipinski definition) is 3. The maximum absolute atomic E-state index is 5.98. The lowest BCUT2D eigenvalue weighted by atomic mass is 10.1. The van der Waals surface area contributed by atoms with E-state index in [0.29, 0.717) is 0 Å². The first-order valence-corrected chi connectivity index (χ1v) is 6.85. The highest BCUT2D eigenvalue weighted by Crippen LogP contribution is 2.19. The molecule has 2 heterocycles. The Bertz CT molecular complexity index is 554. The Balaban J connectivity index is 2.37. The molecule has 0 spiro atoms. The normalized spacial score (nSPS) is 12.7. The lowest BCUT2D eigenvalue weighted by Gasteiger charge is -2.09. The highest BCUT2D eigenvalue weighted by Gasteiger charge is 2.12. The Morgan fingerprint density at radius 1 is 1.26 bits per heavy atom. The van der Waals surface area contributed by atoms with Crippen molar-refractivity contribution in [2.75, 3.05) is 0 Å². The summed E-state index contributed by atoms with van der Waals surface area (Å²) in [5.41, 5.74) is 11.5. The van der Waals surface area contributed by atoms with Gasteiger partial charge in [-0.2, -0.15) is 5.10 Å². The van der Waals surface area contributed by atoms with E-state index in [4.69, 9.17) is 5.73 Å². The third-order valence-corrected chi connectivity index (χ3v) is 3.63. The Hall–Kier alpha value is -1.68. The summed E-state index contributed by atoms with van der Waals surface area (Å²) >= 11 is 0. The van der Waals surface area contributed by atoms with Crippen LogP contribution in [0.2, 0.25) is 0 Å². The highest BCUT2D eigenvalue weighted by atomic mass is 15.3. The molecule has 0 amide bonds. The first kappa shape index (κ1) is 13.7. The summed E-state index contributed by atoms with van der Waals surface area (Å²) < 4.78 is 1.96. The van der Waals surface area contributed by atoms with Crippen LogP contribution >= 0.6 is 0 Å². The van der Waals surface area contributed by atoms with E-state index in [-0.39, 0.29) is 6.04 Å². The molecule has 0 aliphatic rings. The maximum atomic E-state index is 5.98. The van der Waals surface area contributed by atoms with Crippen LogP contribution in [0, 0.1) is 13.8 Å². The molecule has 1 atom stereocenters. The lowest BCUT2D eigenvalue weighted by Crippen LogP contribution is -2.11. The van der Waals surface area contributed by atoms with E-state index in [1.54, 1.807) is 0 Å². The molecule has 2 aromatic heterocycles. The van der Waals surface area contributed by atoms with Gasteiger partial charge in [0.1, 0.15) is 0 Å². The number of aryl methyl sites for hydroxylation is 1. The SMILES string of the molecule is CCc1c(C)nn(-c2ccc([C@H](N)CC)nc2)c1C. The number of aromatic nitrogens is 3. The largest absolute Gasteiger partial charge is 0.323 e. The summed E-state index contributed by atoms with van der Waals surface area (Å²) in [6.45, 7) is 8.37. The van der Waals surface area contributed by atoms with Gasteiger partial charge in [0.2, 0.25) is 0 Å². The summed E-state index contributed by atoms with van der Waals surface area (Å²) in [6.07, 6.45) is 3.75. The molecule has 0 radical (unpaired) electrons. The summed E-state index contributed by atoms with van der Waals surface area (Å²) in [5, 5.41) is 4.59. The second-order valence-electron chi connectivity index (χ2n) is 4.87. The number of rotatable bonds is 4. The van der Waals surface area contributed by atoms with E-state index in [0.717, 1.165) is 29.9 Å². The fourth-order valence-corrected chi connectivity index (χ4v) is 2.39. The second-order valence-corrected chi connectivity index (χ2v) is 4.87. The molecule has 4 heteroatoms. The molecule has 0 fully saturated rings. The van der Waals surface area contributed by atoms with Gasteiger partial charge < -0.3 is 5.73 Å². The molecule has 19 heavy (non-hydrogen) atoms. The van der Waals surface area contributed by atoms with Gasteiger partial charge in [-0.15, -0.1) is 0 Å². The van der Waals surface area contributed by atoms with Gasteiger partial charge in [-0.1, -0.05) is 13.8 Å². The average Bonchev–Trinajstić information content (AvgIpc) is 2.72. The zero-order valence-electron chi connectivity index (χ0n) is 12.1. The zero-order chi connectivity index (χ0) is 14.0. The monoisotopic (exact) mass is 258 g/mol. The maximum Gasteiger partial charge on any atom is 0.0832 e. The van der Waals surface area contributed by atoms with Crippen molar-refractivity contribution >= 4 is 0 Å². The fraction of sp³-hybridized carbons (Fsp3) is 0.467. The fourth-order valence-electron chi connectivity index (χ4n) is 2.39. The molecule has 0 saturated heterocycles. The molecule has 0 bridgehead atoms. The molecule has 2 N–H and O–H groups in total. The highest BCUT2D eigenvalue weighted by molar-refractivity contribution is 5.36. The van der Waals surface area contributed by atoms with Crippen LogP contribution in [0.4, 0.5) is 0 Å². The first-order valence-electron chi connectivity index (χ1n) is 6.85. The van der Waals surface area contributed by atoms with Gasteiger partial charge in [0.15, 0.2) is 0 Å². The summed E-state index contributed by atoms with van der Waals surface area (Å²) in [5.74, 6) is 0. The Morgan fingerprint density at radius 2 is 2.00 bits per heavy atom. The van der Waals surface area contributed by atoms with Crippen LogP contribution < -0.4 is 5.73 Å². The number of pyridine rings is 1. The van der Waals surface area contributed by atoms with Gasteiger partial charge in [0.05, 0.1) is 23.3 Å². The van der Waals surface area contributed by atoms with Gasteiger partial charge in [-0.25, -0.2) is 4.68 Å². The van der Waals surface area contributed by atoms with Crippen molar-refractivity contribution in [3.63, 3.8) is 0 Å². The van der Waals surface area contributed by atoms with Crippen LogP contribution in [0.25, 0.3) is 5.69 Å². The minimum Gasteiger partial charge on any atom is -0.323 e. The van der Waals surface area contributed by atoms with Crippen LogP contribution in [0.15, 0.2) is 18.3 Å². The Labute approximate surface area is 114 Å². The summed E-state index contributed by atoms with van der Waals surface area (Å²) in [7, 11) is 0. The van der Waals surface area contributed by atoms with Gasteiger partial charge >= 0.3 is 0 Å². The molecule has 2 aromatic rings. The van der Waals surface area contributed by atoms with E-state index in [1.807, 2.05) is 23.0 Å². The van der Waals surface area contributed by atoms with Crippen molar-refractivity contribution in [2.45, 2.75) is 46.6 Å². The molecule has 102 valence electrons. The second kappa shape index (κ2) is 5.53. The van der Waals surface area contributed by atoms with E-state index >= 15 is 0 Å². The summed E-state index contributed by atoms with van der Waals surface area (Å²) in [6, 6.07) is 4.04. The minimum absolute atomic E-state index is 0.0145. The zero-order valence-corrected chi connectivity index (χ0v) is 12.1. The van der Waals surface area contributed by atoms with Crippen molar-refractivity contribution in [1.29, 1.82) is 0 Å². The predicted molar refractivity (Wildman–Crippen MR) is 77.4 cm³/mol. The molecule has 0 saturated carbocycles. The standard InChI is InChI=1S/C15H22N4/c1-5-13-10(3)18-19(11(13)4)12-7-8-15(17-9-12)14(16)6-2/h7-9,14H,5-6,16H2,1-4H3/t14-/m1/s1. The van der Waals surface area contributed by atoms with Crippen molar-refractivity contribution < 1.29 is 0 Å². The van der Waals surface area contributed by atoms with Gasteiger partial charge in [0, 0.05) is 11.7 Å². The predicted octanol–water partition coefficient (Wildman–Crippen LogP) is 2.86. The van der Waals surface area contributed by atoms with Crippen molar-refractivity contribution in [2.24, 2.45) is 5.73 Å². The van der Waals surface area contributed by atoms with Gasteiger partial charge in [0.25, 0.3) is 0 Å². The molecule has 2 rings (SSSR count). The molecule has 4 nitrogen and oxygen atoms in total. The van der Waals surface area contributed by atoms with Crippen LogP contribution in [0.3, 0.4) is 0 Å². The quantitative estimate of drug-likeness (QED) is 0.917. The van der Waals surface area contributed by atoms with E-state index in [1.165, 1.54) is 11.3 Å². The van der Waals surface area contributed by atoms with Gasteiger partial charge in [-0.3, -0.25) is 4.98 Å². The molecular formula is C15H22N4. The third kappa shape index (κ3) is 2.54. The number of hydrogen-bond donors (Lipinski definition) is 1. The van der Waals surface area contributed by atoms with Crippen molar-refractivity contribution in [3.8, 4) is 5.69 Å². The average molecular weight is 258 g/mol. The van der Waals surface area contributed by atoms with Gasteiger partial charge in [-0.05, 0) is 44.4 Å². The molecule has 0 aliphatic carbocycles. The topological polar surface area (TPSA) is 56.7 Å². The minimum atomic E-state index is 0.0145. The number of nitrogens with zero attached hydrogens (tertiary/aromatic N) is 3. The van der Waals surface area contributed by atoms with E-state index in [2.05, 4.69) is 37.8 Å². The smallest absolute Gasteiger partial charge is 0.0832 e. The first-order chi connectivity index (χ1) is 9.08. The Morgan fingerprint density at radius 3 is 2.47 bits per heavy atom. The van der Waals surface area contributed by atoms with Crippen LogP contribution in [0.5, 0.6) is 0 Å². The summed E-state index contributed by atoms with van der Waals surface area (Å²) in [4.78, 5) is 4.45. The Kier molecular flexibility index (Phi) is 4.00. The van der Waals surface area contributed by atoms with Crippen molar-refractivity contribution in [3.05, 3.63) is 41.0 Å². The molecular weight excluding hydrogens is 236 g/mol. The van der Waals surface area contributed by atoms with E-state index in [9.17, 15) is 0 Å². The number of nitrogens with two attached hydrogens (primary N) is 1. The van der Waals surface area contributed by atoms with E-state index < -0.39 is 0 Å². The lowest BCUT2D eigenvalue weighted by molar-refractivity contribution is 0.673. The molecule has 0 aromatic carbocycles. The third-order valence-electron chi connectivity index (χ3n) is 3.63. The molecule has 0 aliphatic heterocycles. The van der Waals surface area contributed by atoms with Crippen molar-refractivity contribution in [1.82, 2.24) is 14.8 Å². The van der Waals surface area contributed by atoms with Crippen LogP contribution in [0.1, 0.15) is 49.0 Å². The van der Waals surface area contributed by atoms with Crippen LogP contribution in [-0.4, -0.2) is 14.8 Å². The molecule has 0 unspecified atom stereocenters.